The van der Waals surface area contributed by atoms with Gasteiger partial charge in [-0.1, -0.05) is 23.7 Å². The second kappa shape index (κ2) is 12.2. The van der Waals surface area contributed by atoms with Crippen molar-refractivity contribution >= 4 is 46.4 Å². The van der Waals surface area contributed by atoms with Crippen molar-refractivity contribution in [1.29, 1.82) is 0 Å². The van der Waals surface area contributed by atoms with Crippen LogP contribution in [0, 0.1) is 6.92 Å². The smallest absolute Gasteiger partial charge is 0.260 e. The maximum atomic E-state index is 13.5. The van der Waals surface area contributed by atoms with Crippen LogP contribution >= 0.6 is 23.8 Å². The Hall–Kier alpha value is -3.34. The quantitative estimate of drug-likeness (QED) is 0.426. The van der Waals surface area contributed by atoms with E-state index < -0.39 is 6.04 Å². The molecule has 2 aliphatic rings. The van der Waals surface area contributed by atoms with Gasteiger partial charge >= 0.3 is 0 Å². The van der Waals surface area contributed by atoms with Crippen LogP contribution in [0.2, 0.25) is 5.02 Å². The van der Waals surface area contributed by atoms with Gasteiger partial charge in [-0.3, -0.25) is 9.59 Å². The molecule has 208 valence electrons. The number of halogens is 1. The van der Waals surface area contributed by atoms with Gasteiger partial charge in [0.15, 0.2) is 23.2 Å². The van der Waals surface area contributed by atoms with Gasteiger partial charge in [0.2, 0.25) is 0 Å². The highest BCUT2D eigenvalue weighted by atomic mass is 35.5. The lowest BCUT2D eigenvalue weighted by Gasteiger charge is -2.35. The number of allylic oxidation sites excluding steroid dienone is 1. The Morgan fingerprint density at radius 3 is 2.54 bits per heavy atom. The average molecular weight is 573 g/mol. The maximum Gasteiger partial charge on any atom is 0.260 e. The van der Waals surface area contributed by atoms with Gasteiger partial charge in [0.1, 0.15) is 0 Å². The Morgan fingerprint density at radius 2 is 1.85 bits per heavy atom. The minimum absolute atomic E-state index is 0.0271. The molecule has 0 radical (unpaired) electrons. The van der Waals surface area contributed by atoms with Crippen LogP contribution in [0.4, 0.5) is 5.69 Å². The second-order valence-electron chi connectivity index (χ2n) is 9.74. The number of nitrogens with zero attached hydrogens (tertiary/aromatic N) is 1. The number of rotatable bonds is 7. The standard InChI is InChI=1S/C28H33ClN4O5S/c1-15-6-8-20(29)11-21(15)31-27(35)25-18(4)30-28(39)32-26(25)19-7-9-22(23(10-19)36-5)37-14-24(34)33-12-16(2)38-17(3)13-33/h6-11,16-17,26H,12-14H2,1-5H3,(H,31,35)(H2,30,32,39)/t16-,17-,26+/m1/s1. The van der Waals surface area contributed by atoms with E-state index in [4.69, 9.17) is 38.0 Å². The molecule has 0 aliphatic carbocycles. The number of methoxy groups -OCH3 is 1. The van der Waals surface area contributed by atoms with E-state index in [1.54, 1.807) is 36.1 Å². The summed E-state index contributed by atoms with van der Waals surface area (Å²) < 4.78 is 17.2. The molecule has 4 rings (SSSR count). The third-order valence-electron chi connectivity index (χ3n) is 6.61. The summed E-state index contributed by atoms with van der Waals surface area (Å²) in [6.45, 7) is 8.50. The number of thiocarbonyl (C=S) groups is 1. The molecule has 9 nitrogen and oxygen atoms in total. The number of nitrogens with one attached hydrogen (secondary N) is 3. The van der Waals surface area contributed by atoms with Crippen LogP contribution in [0.3, 0.4) is 0 Å². The molecule has 11 heteroatoms. The van der Waals surface area contributed by atoms with Gasteiger partial charge < -0.3 is 35.1 Å². The fourth-order valence-corrected chi connectivity index (χ4v) is 5.20. The molecule has 0 bridgehead atoms. The number of hydrogen-bond acceptors (Lipinski definition) is 6. The molecule has 1 saturated heterocycles. The fourth-order valence-electron chi connectivity index (χ4n) is 4.76. The Morgan fingerprint density at radius 1 is 1.13 bits per heavy atom. The van der Waals surface area contributed by atoms with Crippen LogP contribution in [0.1, 0.15) is 37.9 Å². The highest BCUT2D eigenvalue weighted by Gasteiger charge is 2.31. The lowest BCUT2D eigenvalue weighted by Crippen LogP contribution is -2.49. The summed E-state index contributed by atoms with van der Waals surface area (Å²) >= 11 is 11.5. The lowest BCUT2D eigenvalue weighted by molar-refractivity contribution is -0.145. The molecule has 2 heterocycles. The van der Waals surface area contributed by atoms with Gasteiger partial charge in [-0.25, -0.2) is 0 Å². The number of morpholine rings is 1. The molecule has 0 aromatic heterocycles. The zero-order valence-corrected chi connectivity index (χ0v) is 24.2. The van der Waals surface area contributed by atoms with E-state index in [9.17, 15) is 9.59 Å². The molecule has 39 heavy (non-hydrogen) atoms. The van der Waals surface area contributed by atoms with Gasteiger partial charge in [-0.2, -0.15) is 0 Å². The number of benzene rings is 2. The van der Waals surface area contributed by atoms with Crippen molar-refractivity contribution in [1.82, 2.24) is 15.5 Å². The predicted octanol–water partition coefficient (Wildman–Crippen LogP) is 4.10. The first kappa shape index (κ1) is 28.7. The molecule has 2 aromatic rings. The Bertz CT molecular complexity index is 1310. The van der Waals surface area contributed by atoms with Crippen molar-refractivity contribution in [2.24, 2.45) is 0 Å². The molecule has 1 fully saturated rings. The van der Waals surface area contributed by atoms with Gasteiger partial charge in [-0.05, 0) is 75.3 Å². The van der Waals surface area contributed by atoms with E-state index in [-0.39, 0.29) is 30.6 Å². The summed E-state index contributed by atoms with van der Waals surface area (Å²) in [5, 5.41) is 10.1. The van der Waals surface area contributed by atoms with E-state index in [0.29, 0.717) is 51.7 Å². The third-order valence-corrected chi connectivity index (χ3v) is 7.06. The molecular weight excluding hydrogens is 540 g/mol. The number of anilines is 1. The summed E-state index contributed by atoms with van der Waals surface area (Å²) in [4.78, 5) is 28.0. The number of amides is 2. The van der Waals surface area contributed by atoms with E-state index >= 15 is 0 Å². The first-order valence-electron chi connectivity index (χ1n) is 12.7. The van der Waals surface area contributed by atoms with Crippen LogP contribution in [0.5, 0.6) is 11.5 Å². The Balaban J connectivity index is 1.54. The number of hydrogen-bond donors (Lipinski definition) is 3. The molecule has 3 N–H and O–H groups in total. The van der Waals surface area contributed by atoms with E-state index in [0.717, 1.165) is 11.1 Å². The normalized spacial score (nSPS) is 21.1. The minimum Gasteiger partial charge on any atom is -0.493 e. The Kier molecular flexibility index (Phi) is 8.99. The summed E-state index contributed by atoms with van der Waals surface area (Å²) in [6.07, 6.45) is -0.0541. The van der Waals surface area contributed by atoms with Crippen molar-refractivity contribution in [3.8, 4) is 11.5 Å². The number of aryl methyl sites for hydroxylation is 1. The largest absolute Gasteiger partial charge is 0.493 e. The van der Waals surface area contributed by atoms with Crippen molar-refractivity contribution < 1.29 is 23.8 Å². The van der Waals surface area contributed by atoms with Crippen LogP contribution in [0.15, 0.2) is 47.7 Å². The number of ether oxygens (including phenoxy) is 3. The summed E-state index contributed by atoms with van der Waals surface area (Å²) in [5.41, 5.74) is 3.32. The second-order valence-corrected chi connectivity index (χ2v) is 10.6. The van der Waals surface area contributed by atoms with Crippen molar-refractivity contribution in [3.63, 3.8) is 0 Å². The minimum atomic E-state index is -0.556. The van der Waals surface area contributed by atoms with Gasteiger partial charge in [0.25, 0.3) is 11.8 Å². The average Bonchev–Trinajstić information content (AvgIpc) is 2.88. The van der Waals surface area contributed by atoms with Gasteiger partial charge in [0, 0.05) is 29.5 Å². The van der Waals surface area contributed by atoms with Gasteiger partial charge in [0.05, 0.1) is 30.9 Å². The van der Waals surface area contributed by atoms with Crippen LogP contribution in [0.25, 0.3) is 0 Å². The molecule has 3 atom stereocenters. The molecule has 0 saturated carbocycles. The fraction of sp³-hybridized carbons (Fsp3) is 0.393. The molecule has 2 aliphatic heterocycles. The van der Waals surface area contributed by atoms with Crippen molar-refractivity contribution in [3.05, 3.63) is 63.8 Å². The van der Waals surface area contributed by atoms with Crippen LogP contribution < -0.4 is 25.4 Å². The topological polar surface area (TPSA) is 101 Å². The van der Waals surface area contributed by atoms with Crippen LogP contribution in [-0.2, 0) is 14.3 Å². The molecular formula is C28H33ClN4O5S. The molecule has 2 amide bonds. The summed E-state index contributed by atoms with van der Waals surface area (Å²) in [5.74, 6) is 0.423. The molecule has 0 spiro atoms. The number of carbonyl (C=O) groups is 2. The molecule has 2 aromatic carbocycles. The van der Waals surface area contributed by atoms with E-state index in [1.807, 2.05) is 32.9 Å². The highest BCUT2D eigenvalue weighted by Crippen LogP contribution is 2.35. The van der Waals surface area contributed by atoms with Gasteiger partial charge in [-0.15, -0.1) is 0 Å². The van der Waals surface area contributed by atoms with E-state index in [1.165, 1.54) is 7.11 Å². The van der Waals surface area contributed by atoms with Crippen molar-refractivity contribution in [2.75, 3.05) is 32.1 Å². The lowest BCUT2D eigenvalue weighted by atomic mass is 9.94. The first-order valence-corrected chi connectivity index (χ1v) is 13.4. The predicted molar refractivity (Wildman–Crippen MR) is 154 cm³/mol. The summed E-state index contributed by atoms with van der Waals surface area (Å²) in [7, 11) is 1.52. The highest BCUT2D eigenvalue weighted by molar-refractivity contribution is 7.80. The maximum absolute atomic E-state index is 13.5. The SMILES string of the molecule is COc1cc([C@@H]2NC(=S)NC(C)=C2C(=O)Nc2cc(Cl)ccc2C)ccc1OCC(=O)N1C[C@@H](C)O[C@H](C)C1. The molecule has 0 unspecified atom stereocenters. The monoisotopic (exact) mass is 572 g/mol. The number of carbonyl (C=O) groups excluding carboxylic acids is 2. The van der Waals surface area contributed by atoms with E-state index in [2.05, 4.69) is 16.0 Å². The van der Waals surface area contributed by atoms with Crippen LogP contribution in [-0.4, -0.2) is 60.8 Å². The third kappa shape index (κ3) is 6.81. The Labute approximate surface area is 238 Å². The summed E-state index contributed by atoms with van der Waals surface area (Å²) in [6, 6.07) is 10.1. The first-order chi connectivity index (χ1) is 18.5. The van der Waals surface area contributed by atoms with Crippen molar-refractivity contribution in [2.45, 2.75) is 45.9 Å². The zero-order valence-electron chi connectivity index (χ0n) is 22.6. The zero-order chi connectivity index (χ0) is 28.3.